The van der Waals surface area contributed by atoms with Crippen molar-refractivity contribution >= 4 is 0 Å². The summed E-state index contributed by atoms with van der Waals surface area (Å²) < 4.78 is 11.4. The Balaban J connectivity index is 1.72. The number of aliphatic hydroxyl groups is 1. The number of β-amino-alcohol motifs (C(OH)–C–C–N with tert-alkyl or cyclic N) is 1. The number of nitrogens with zero attached hydrogens (tertiary/aromatic N) is 1. The van der Waals surface area contributed by atoms with Gasteiger partial charge in [-0.1, -0.05) is 12.1 Å². The third kappa shape index (κ3) is 5.27. The second kappa shape index (κ2) is 8.51. The Labute approximate surface area is 134 Å². The Hall–Kier alpha value is -1.10. The Kier molecular flexibility index (Phi) is 6.68. The molecule has 1 N–H and O–H groups in total. The van der Waals surface area contributed by atoms with E-state index in [0.717, 1.165) is 43.9 Å². The van der Waals surface area contributed by atoms with Crippen molar-refractivity contribution in [3.63, 3.8) is 0 Å². The fourth-order valence-corrected chi connectivity index (χ4v) is 2.89. The van der Waals surface area contributed by atoms with Crippen LogP contribution in [0.3, 0.4) is 0 Å². The number of aliphatic hydroxyl groups excluding tert-OH is 1. The van der Waals surface area contributed by atoms with E-state index < -0.39 is 6.10 Å². The summed E-state index contributed by atoms with van der Waals surface area (Å²) >= 11 is 0. The van der Waals surface area contributed by atoms with Crippen LogP contribution in [-0.4, -0.2) is 55.1 Å². The van der Waals surface area contributed by atoms with Gasteiger partial charge in [0.25, 0.3) is 0 Å². The van der Waals surface area contributed by atoms with Gasteiger partial charge < -0.3 is 19.5 Å². The van der Waals surface area contributed by atoms with Crippen LogP contribution in [0.5, 0.6) is 5.75 Å². The third-order valence-corrected chi connectivity index (χ3v) is 4.18. The van der Waals surface area contributed by atoms with Gasteiger partial charge in [-0.3, -0.25) is 0 Å². The topological polar surface area (TPSA) is 41.9 Å². The summed E-state index contributed by atoms with van der Waals surface area (Å²) in [6.45, 7) is 9.90. The summed E-state index contributed by atoms with van der Waals surface area (Å²) in [5.74, 6) is 0.870. The lowest BCUT2D eigenvalue weighted by Crippen LogP contribution is -2.42. The maximum absolute atomic E-state index is 10.2. The van der Waals surface area contributed by atoms with E-state index in [2.05, 4.69) is 17.0 Å². The second-order valence-corrected chi connectivity index (χ2v) is 6.19. The van der Waals surface area contributed by atoms with E-state index in [4.69, 9.17) is 9.47 Å². The fraction of sp³-hybridized carbons (Fsp3) is 0.667. The molecule has 4 heteroatoms. The molecule has 1 aromatic rings. The molecule has 1 fully saturated rings. The Morgan fingerprint density at radius 3 is 2.68 bits per heavy atom. The number of piperidine rings is 1. The zero-order valence-electron chi connectivity index (χ0n) is 14.0. The average molecular weight is 307 g/mol. The van der Waals surface area contributed by atoms with Crippen molar-refractivity contribution in [1.29, 1.82) is 0 Å². The summed E-state index contributed by atoms with van der Waals surface area (Å²) in [5, 5.41) is 10.2. The highest BCUT2D eigenvalue weighted by atomic mass is 16.5. The number of hydrogen-bond donors (Lipinski definition) is 1. The van der Waals surface area contributed by atoms with Crippen LogP contribution in [0.15, 0.2) is 18.2 Å². The molecule has 0 spiro atoms. The maximum atomic E-state index is 10.2. The molecule has 1 saturated heterocycles. The summed E-state index contributed by atoms with van der Waals surface area (Å²) in [6.07, 6.45) is 2.05. The van der Waals surface area contributed by atoms with Crippen LogP contribution in [0, 0.1) is 13.8 Å². The van der Waals surface area contributed by atoms with E-state index in [9.17, 15) is 5.11 Å². The van der Waals surface area contributed by atoms with Crippen molar-refractivity contribution in [2.45, 2.75) is 45.8 Å². The van der Waals surface area contributed by atoms with E-state index in [0.29, 0.717) is 19.3 Å². The van der Waals surface area contributed by atoms with Crippen LogP contribution in [0.1, 0.15) is 30.9 Å². The molecule has 1 aliphatic rings. The highest BCUT2D eigenvalue weighted by Crippen LogP contribution is 2.19. The zero-order chi connectivity index (χ0) is 15.9. The van der Waals surface area contributed by atoms with E-state index >= 15 is 0 Å². The normalized spacial score (nSPS) is 18.4. The molecule has 0 aliphatic carbocycles. The Bertz CT molecular complexity index is 456. The summed E-state index contributed by atoms with van der Waals surface area (Å²) in [7, 11) is 0. The van der Waals surface area contributed by atoms with Gasteiger partial charge in [-0.25, -0.2) is 0 Å². The Morgan fingerprint density at radius 1 is 1.27 bits per heavy atom. The number of hydrogen-bond acceptors (Lipinski definition) is 4. The molecular weight excluding hydrogens is 278 g/mol. The summed E-state index contributed by atoms with van der Waals surface area (Å²) in [6, 6.07) is 6.15. The highest BCUT2D eigenvalue weighted by Gasteiger charge is 2.21. The van der Waals surface area contributed by atoms with Gasteiger partial charge in [0.15, 0.2) is 0 Å². The first-order valence-electron chi connectivity index (χ1n) is 8.30. The SMILES string of the molecule is CCOC1CCN(CC(O)COc2cc(C)ccc2C)CC1. The van der Waals surface area contributed by atoms with Gasteiger partial charge in [0.2, 0.25) is 0 Å². The molecule has 1 aliphatic heterocycles. The lowest BCUT2D eigenvalue weighted by Gasteiger charge is -2.32. The summed E-state index contributed by atoms with van der Waals surface area (Å²) in [5.41, 5.74) is 2.28. The third-order valence-electron chi connectivity index (χ3n) is 4.18. The van der Waals surface area contributed by atoms with Gasteiger partial charge in [-0.15, -0.1) is 0 Å². The Morgan fingerprint density at radius 2 is 2.00 bits per heavy atom. The maximum Gasteiger partial charge on any atom is 0.122 e. The standard InChI is InChI=1S/C18H29NO3/c1-4-21-17-7-9-19(10-8-17)12-16(20)13-22-18-11-14(2)5-6-15(18)3/h5-6,11,16-17,20H,4,7-10,12-13H2,1-3H3. The van der Waals surface area contributed by atoms with Crippen molar-refractivity contribution in [2.24, 2.45) is 0 Å². The minimum atomic E-state index is -0.455. The highest BCUT2D eigenvalue weighted by molar-refractivity contribution is 5.35. The number of benzene rings is 1. The van der Waals surface area contributed by atoms with E-state index in [1.54, 1.807) is 0 Å². The van der Waals surface area contributed by atoms with Crippen LogP contribution < -0.4 is 4.74 Å². The van der Waals surface area contributed by atoms with Gasteiger partial charge in [0.1, 0.15) is 18.5 Å². The van der Waals surface area contributed by atoms with Crippen molar-refractivity contribution in [1.82, 2.24) is 4.90 Å². The minimum Gasteiger partial charge on any atom is -0.491 e. The van der Waals surface area contributed by atoms with Crippen LogP contribution in [0.2, 0.25) is 0 Å². The van der Waals surface area contributed by atoms with Crippen LogP contribution >= 0.6 is 0 Å². The van der Waals surface area contributed by atoms with Crippen molar-refractivity contribution in [3.8, 4) is 5.75 Å². The van der Waals surface area contributed by atoms with Gasteiger partial charge in [-0.2, -0.15) is 0 Å². The first-order chi connectivity index (χ1) is 10.6. The van der Waals surface area contributed by atoms with Crippen LogP contribution in [-0.2, 0) is 4.74 Å². The van der Waals surface area contributed by atoms with Gasteiger partial charge >= 0.3 is 0 Å². The summed E-state index contributed by atoms with van der Waals surface area (Å²) in [4.78, 5) is 2.30. The molecule has 1 unspecified atom stereocenters. The molecule has 124 valence electrons. The first-order valence-corrected chi connectivity index (χ1v) is 8.30. The van der Waals surface area contributed by atoms with E-state index in [1.807, 2.05) is 26.8 Å². The fourth-order valence-electron chi connectivity index (χ4n) is 2.89. The molecule has 22 heavy (non-hydrogen) atoms. The van der Waals surface area contributed by atoms with Crippen LogP contribution in [0.4, 0.5) is 0 Å². The second-order valence-electron chi connectivity index (χ2n) is 6.19. The average Bonchev–Trinajstić information content (AvgIpc) is 2.50. The quantitative estimate of drug-likeness (QED) is 0.840. The number of rotatable bonds is 7. The van der Waals surface area contributed by atoms with Gasteiger partial charge in [-0.05, 0) is 50.8 Å². The molecule has 1 aromatic carbocycles. The zero-order valence-corrected chi connectivity index (χ0v) is 14.0. The molecule has 0 aromatic heterocycles. The molecule has 4 nitrogen and oxygen atoms in total. The molecule has 1 heterocycles. The van der Waals surface area contributed by atoms with Crippen molar-refractivity contribution in [3.05, 3.63) is 29.3 Å². The predicted molar refractivity (Wildman–Crippen MR) is 88.5 cm³/mol. The van der Waals surface area contributed by atoms with Gasteiger partial charge in [0, 0.05) is 26.2 Å². The molecular formula is C18H29NO3. The predicted octanol–water partition coefficient (Wildman–Crippen LogP) is 2.54. The largest absolute Gasteiger partial charge is 0.491 e. The number of ether oxygens (including phenoxy) is 2. The van der Waals surface area contributed by atoms with E-state index in [-0.39, 0.29) is 0 Å². The van der Waals surface area contributed by atoms with Crippen molar-refractivity contribution < 1.29 is 14.6 Å². The molecule has 0 bridgehead atoms. The smallest absolute Gasteiger partial charge is 0.122 e. The number of aryl methyl sites for hydroxylation is 2. The van der Waals surface area contributed by atoms with Crippen molar-refractivity contribution in [2.75, 3.05) is 32.8 Å². The molecule has 2 rings (SSSR count). The van der Waals surface area contributed by atoms with Gasteiger partial charge in [0.05, 0.1) is 6.10 Å². The lowest BCUT2D eigenvalue weighted by atomic mass is 10.1. The molecule has 0 radical (unpaired) electrons. The monoisotopic (exact) mass is 307 g/mol. The molecule has 0 amide bonds. The number of likely N-dealkylation sites (tertiary alicyclic amines) is 1. The first kappa shape index (κ1) is 17.3. The lowest BCUT2D eigenvalue weighted by molar-refractivity contribution is -0.00188. The molecule has 1 atom stereocenters. The molecule has 0 saturated carbocycles. The van der Waals surface area contributed by atoms with E-state index in [1.165, 1.54) is 5.56 Å². The minimum absolute atomic E-state index is 0.343. The van der Waals surface area contributed by atoms with Crippen LogP contribution in [0.25, 0.3) is 0 Å².